The van der Waals surface area contributed by atoms with Gasteiger partial charge in [0.1, 0.15) is 0 Å². The van der Waals surface area contributed by atoms with E-state index in [9.17, 15) is 0 Å². The van der Waals surface area contributed by atoms with Gasteiger partial charge >= 0.3 is 0 Å². The summed E-state index contributed by atoms with van der Waals surface area (Å²) >= 11 is 3.75. The molecule has 0 radical (unpaired) electrons. The van der Waals surface area contributed by atoms with Crippen molar-refractivity contribution in [3.63, 3.8) is 0 Å². The van der Waals surface area contributed by atoms with Crippen LogP contribution in [0.25, 0.3) is 68.2 Å². The van der Waals surface area contributed by atoms with Crippen molar-refractivity contribution in [1.29, 1.82) is 0 Å². The molecule has 0 atom stereocenters. The average molecular weight is 649 g/mol. The molecule has 0 saturated carbocycles. The van der Waals surface area contributed by atoms with E-state index in [2.05, 4.69) is 179 Å². The lowest BCUT2D eigenvalue weighted by atomic mass is 10.0. The first-order valence-corrected chi connectivity index (χ1v) is 17.8. The van der Waals surface area contributed by atoms with Crippen LogP contribution in [0.3, 0.4) is 0 Å². The van der Waals surface area contributed by atoms with Crippen molar-refractivity contribution in [2.45, 2.75) is 0 Å². The highest BCUT2D eigenvalue weighted by atomic mass is 32.1. The van der Waals surface area contributed by atoms with Crippen LogP contribution in [0, 0.1) is 0 Å². The van der Waals surface area contributed by atoms with Gasteiger partial charge in [0.15, 0.2) is 0 Å². The molecule has 10 rings (SSSR count). The minimum atomic E-state index is 1.14. The molecule has 48 heavy (non-hydrogen) atoms. The van der Waals surface area contributed by atoms with Crippen LogP contribution in [0.4, 0.5) is 17.1 Å². The molecule has 0 N–H and O–H groups in total. The predicted molar refractivity (Wildman–Crippen MR) is 209 cm³/mol. The molecule has 0 unspecified atom stereocenters. The first-order chi connectivity index (χ1) is 23.8. The lowest BCUT2D eigenvalue weighted by molar-refractivity contribution is 1.19. The molecular weight excluding hydrogens is 621 g/mol. The van der Waals surface area contributed by atoms with Crippen LogP contribution < -0.4 is 4.90 Å². The fraction of sp³-hybridized carbons (Fsp3) is 0. The summed E-state index contributed by atoms with van der Waals surface area (Å²) in [6, 6.07) is 61.7. The number of nitrogens with zero attached hydrogens (tertiary/aromatic N) is 2. The number of thiophene rings is 2. The molecule has 0 aliphatic heterocycles. The third-order valence-electron chi connectivity index (χ3n) is 9.39. The van der Waals surface area contributed by atoms with Gasteiger partial charge < -0.3 is 9.47 Å². The van der Waals surface area contributed by atoms with Gasteiger partial charge in [0.05, 0.1) is 26.1 Å². The number of hydrogen-bond donors (Lipinski definition) is 0. The van der Waals surface area contributed by atoms with Gasteiger partial charge in [-0.3, -0.25) is 0 Å². The number of benzene rings is 7. The summed E-state index contributed by atoms with van der Waals surface area (Å²) in [5.74, 6) is 0. The molecule has 7 aromatic carbocycles. The number of rotatable bonds is 5. The molecular formula is C44H28N2S2. The second-order valence-corrected chi connectivity index (χ2v) is 14.3. The number of anilines is 3. The van der Waals surface area contributed by atoms with Gasteiger partial charge in [-0.25, -0.2) is 0 Å². The van der Waals surface area contributed by atoms with Crippen molar-refractivity contribution in [2.24, 2.45) is 0 Å². The Hall–Kier alpha value is -5.68. The summed E-state index contributed by atoms with van der Waals surface area (Å²) < 4.78 is 7.70. The Morgan fingerprint density at radius 2 is 1.02 bits per heavy atom. The minimum Gasteiger partial charge on any atom is -0.309 e. The van der Waals surface area contributed by atoms with Crippen LogP contribution in [-0.4, -0.2) is 4.57 Å². The SMILES string of the molecule is c1ccc(N(c2ccc(-c3ccc4c(c3)c3sc5ccccc5c3n4-c3ccccc3)cc2)c2cccc3c2sc2ccccc23)cc1. The second-order valence-electron chi connectivity index (χ2n) is 12.1. The normalized spacial score (nSPS) is 11.8. The molecule has 4 heteroatoms. The fourth-order valence-corrected chi connectivity index (χ4v) is 9.63. The zero-order valence-electron chi connectivity index (χ0n) is 25.9. The standard InChI is InChI=1S/C44H28N2S2/c1-3-12-31(13-4-1)45(39-19-11-18-35-34-16-7-9-20-40(34)47-43(35)39)33-25-22-29(23-26-33)30-24-27-38-37(28-30)44-42(36-17-8-10-21-41(36)48-44)46(38)32-14-5-2-6-15-32/h1-28H. The van der Waals surface area contributed by atoms with E-state index < -0.39 is 0 Å². The average Bonchev–Trinajstić information content (AvgIpc) is 3.82. The molecule has 10 aromatic rings. The zero-order valence-corrected chi connectivity index (χ0v) is 27.5. The van der Waals surface area contributed by atoms with Gasteiger partial charge in [-0.15, -0.1) is 22.7 Å². The lowest BCUT2D eigenvalue weighted by Crippen LogP contribution is -2.09. The highest BCUT2D eigenvalue weighted by Gasteiger charge is 2.20. The zero-order chi connectivity index (χ0) is 31.6. The molecule has 0 aliphatic carbocycles. The van der Waals surface area contributed by atoms with E-state index in [0.717, 1.165) is 11.4 Å². The monoisotopic (exact) mass is 648 g/mol. The Labute approximate surface area is 286 Å². The molecule has 0 spiro atoms. The van der Waals surface area contributed by atoms with Crippen molar-refractivity contribution in [3.05, 3.63) is 170 Å². The lowest BCUT2D eigenvalue weighted by Gasteiger charge is -2.26. The maximum atomic E-state index is 2.43. The molecule has 226 valence electrons. The van der Waals surface area contributed by atoms with Crippen molar-refractivity contribution in [2.75, 3.05) is 4.90 Å². The Balaban J connectivity index is 1.12. The van der Waals surface area contributed by atoms with Crippen LogP contribution in [0.2, 0.25) is 0 Å². The number of aromatic nitrogens is 1. The predicted octanol–water partition coefficient (Wildman–Crippen LogP) is 13.5. The first kappa shape index (κ1) is 27.4. The Morgan fingerprint density at radius 3 is 1.81 bits per heavy atom. The van der Waals surface area contributed by atoms with Crippen LogP contribution in [0.5, 0.6) is 0 Å². The van der Waals surface area contributed by atoms with Gasteiger partial charge in [0.2, 0.25) is 0 Å². The molecule has 0 aliphatic rings. The van der Waals surface area contributed by atoms with Gasteiger partial charge in [0, 0.05) is 48.0 Å². The summed E-state index contributed by atoms with van der Waals surface area (Å²) in [6.45, 7) is 0. The van der Waals surface area contributed by atoms with Gasteiger partial charge in [-0.05, 0) is 77.9 Å². The van der Waals surface area contributed by atoms with E-state index in [0.29, 0.717) is 0 Å². The third kappa shape index (κ3) is 4.24. The molecule has 3 aromatic heterocycles. The minimum absolute atomic E-state index is 1.14. The van der Waals surface area contributed by atoms with Gasteiger partial charge in [-0.1, -0.05) is 103 Å². The van der Waals surface area contributed by atoms with Crippen LogP contribution in [0.15, 0.2) is 170 Å². The molecule has 2 nitrogen and oxygen atoms in total. The summed E-state index contributed by atoms with van der Waals surface area (Å²) in [4.78, 5) is 2.39. The summed E-state index contributed by atoms with van der Waals surface area (Å²) in [5.41, 5.74) is 9.62. The maximum absolute atomic E-state index is 2.43. The Bertz CT molecular complexity index is 2770. The first-order valence-electron chi connectivity index (χ1n) is 16.2. The molecule has 0 fully saturated rings. The summed E-state index contributed by atoms with van der Waals surface area (Å²) in [5, 5.41) is 5.21. The van der Waals surface area contributed by atoms with Gasteiger partial charge in [-0.2, -0.15) is 0 Å². The van der Waals surface area contributed by atoms with Crippen molar-refractivity contribution in [1.82, 2.24) is 4.57 Å². The van der Waals surface area contributed by atoms with Crippen LogP contribution >= 0.6 is 22.7 Å². The van der Waals surface area contributed by atoms with E-state index >= 15 is 0 Å². The Kier molecular flexibility index (Phi) is 6.26. The topological polar surface area (TPSA) is 8.17 Å². The van der Waals surface area contributed by atoms with E-state index in [1.54, 1.807) is 0 Å². The highest BCUT2D eigenvalue weighted by molar-refractivity contribution is 7.27. The quantitative estimate of drug-likeness (QED) is 0.180. The smallest absolute Gasteiger partial charge is 0.0727 e. The van der Waals surface area contributed by atoms with Crippen molar-refractivity contribution in [3.8, 4) is 16.8 Å². The summed E-state index contributed by atoms with van der Waals surface area (Å²) in [7, 11) is 0. The van der Waals surface area contributed by atoms with Crippen molar-refractivity contribution >= 4 is 91.1 Å². The van der Waals surface area contributed by atoms with Crippen molar-refractivity contribution < 1.29 is 0 Å². The van der Waals surface area contributed by atoms with E-state index in [-0.39, 0.29) is 0 Å². The second kappa shape index (κ2) is 11.0. The highest BCUT2D eigenvalue weighted by Crippen LogP contribution is 2.46. The molecule has 0 saturated heterocycles. The largest absolute Gasteiger partial charge is 0.309 e. The fourth-order valence-electron chi connectivity index (χ4n) is 7.21. The Morgan fingerprint density at radius 1 is 0.417 bits per heavy atom. The van der Waals surface area contributed by atoms with Gasteiger partial charge in [0.25, 0.3) is 0 Å². The van der Waals surface area contributed by atoms with E-state index in [1.165, 1.54) is 73.9 Å². The number of hydrogen-bond acceptors (Lipinski definition) is 3. The van der Waals surface area contributed by atoms with E-state index in [4.69, 9.17) is 0 Å². The van der Waals surface area contributed by atoms with E-state index in [1.807, 2.05) is 22.7 Å². The van der Waals surface area contributed by atoms with Crippen LogP contribution in [-0.2, 0) is 0 Å². The number of fused-ring (bicyclic) bond motifs is 8. The third-order valence-corrected chi connectivity index (χ3v) is 11.8. The molecule has 3 heterocycles. The maximum Gasteiger partial charge on any atom is 0.0727 e. The van der Waals surface area contributed by atoms with Crippen LogP contribution in [0.1, 0.15) is 0 Å². The number of para-hydroxylation sites is 2. The summed E-state index contributed by atoms with van der Waals surface area (Å²) in [6.07, 6.45) is 0. The molecule has 0 bridgehead atoms. The molecule has 0 amide bonds.